The van der Waals surface area contributed by atoms with Crippen molar-refractivity contribution in [3.05, 3.63) is 204 Å². The van der Waals surface area contributed by atoms with Gasteiger partial charge in [-0.3, -0.25) is 0 Å². The van der Waals surface area contributed by atoms with Gasteiger partial charge in [-0.1, -0.05) is 121 Å². The minimum absolute atomic E-state index is 0.493. The number of hydrogen-bond donors (Lipinski definition) is 0. The molecule has 0 N–H and O–H groups in total. The third kappa shape index (κ3) is 4.96. The second kappa shape index (κ2) is 12.3. The molecule has 0 spiro atoms. The van der Waals surface area contributed by atoms with Crippen molar-refractivity contribution in [3.63, 3.8) is 0 Å². The van der Waals surface area contributed by atoms with Crippen molar-refractivity contribution < 1.29 is 8.83 Å². The lowest BCUT2D eigenvalue weighted by Gasteiger charge is -2.34. The maximum atomic E-state index is 6.25. The Balaban J connectivity index is 1.08. The monoisotopic (exact) mass is 706 g/mol. The average Bonchev–Trinajstić information content (AvgIpc) is 3.97. The molecule has 0 fully saturated rings. The molecule has 0 amide bonds. The molecule has 6 nitrogen and oxygen atoms in total. The highest BCUT2D eigenvalue weighted by molar-refractivity contribution is 5.88. The fourth-order valence-electron chi connectivity index (χ4n) is 8.26. The van der Waals surface area contributed by atoms with Gasteiger partial charge in [-0.05, 0) is 88.0 Å². The van der Waals surface area contributed by atoms with Gasteiger partial charge in [0.15, 0.2) is 17.0 Å². The van der Waals surface area contributed by atoms with Gasteiger partial charge in [0, 0.05) is 28.5 Å². The Labute approximate surface area is 316 Å². The SMILES string of the molecule is c1ccc(C2(c3ccccc3)c3ccccc3-c3ccc(-c4ccnc(-c5cc(-c6nc7ccccc7o6)cc(-c6nc7ccccc7o6)c5)n4)cc32)cc1. The molecule has 258 valence electrons. The van der Waals surface area contributed by atoms with Crippen molar-refractivity contribution in [2.45, 2.75) is 5.41 Å². The zero-order chi connectivity index (χ0) is 36.3. The van der Waals surface area contributed by atoms with E-state index >= 15 is 0 Å². The second-order valence-electron chi connectivity index (χ2n) is 13.8. The van der Waals surface area contributed by atoms with E-state index in [0.717, 1.165) is 39.0 Å². The topological polar surface area (TPSA) is 77.8 Å². The van der Waals surface area contributed by atoms with E-state index in [1.54, 1.807) is 0 Å². The van der Waals surface area contributed by atoms with Gasteiger partial charge in [0.1, 0.15) is 11.0 Å². The van der Waals surface area contributed by atoms with Gasteiger partial charge in [-0.2, -0.15) is 0 Å². The van der Waals surface area contributed by atoms with Crippen LogP contribution in [0.15, 0.2) is 191 Å². The standard InChI is InChI=1S/C49H30N4O2/c1-3-13-35(14-4-1)49(36-15-5-2-6-16-36)39-18-8-7-17-37(39)38-24-23-31(30-40(38)49)41-25-26-50-46(51-41)32-27-33(47-52-42-19-9-11-21-44(42)54-47)29-34(28-32)48-53-43-20-10-12-22-45(43)55-48/h1-30H. The highest BCUT2D eigenvalue weighted by atomic mass is 16.4. The second-order valence-corrected chi connectivity index (χ2v) is 13.8. The Kier molecular flexibility index (Phi) is 6.97. The molecule has 0 radical (unpaired) electrons. The number of hydrogen-bond acceptors (Lipinski definition) is 6. The summed E-state index contributed by atoms with van der Waals surface area (Å²) < 4.78 is 12.5. The van der Waals surface area contributed by atoms with E-state index in [4.69, 9.17) is 28.8 Å². The summed E-state index contributed by atoms with van der Waals surface area (Å²) in [4.78, 5) is 19.7. The molecular weight excluding hydrogens is 677 g/mol. The van der Waals surface area contributed by atoms with E-state index < -0.39 is 5.41 Å². The van der Waals surface area contributed by atoms with Crippen LogP contribution in [-0.2, 0) is 5.41 Å². The van der Waals surface area contributed by atoms with Crippen LogP contribution in [0.25, 0.3) is 78.9 Å². The molecular formula is C49H30N4O2. The molecule has 10 aromatic rings. The lowest BCUT2D eigenvalue weighted by Crippen LogP contribution is -2.28. The van der Waals surface area contributed by atoms with Gasteiger partial charge in [0.05, 0.1) is 11.1 Å². The molecule has 3 aromatic heterocycles. The first kappa shape index (κ1) is 31.1. The summed E-state index contributed by atoms with van der Waals surface area (Å²) in [6, 6.07) is 60.7. The molecule has 0 unspecified atom stereocenters. The molecule has 7 aromatic carbocycles. The predicted molar refractivity (Wildman–Crippen MR) is 216 cm³/mol. The van der Waals surface area contributed by atoms with Gasteiger partial charge in [-0.15, -0.1) is 0 Å². The first-order chi connectivity index (χ1) is 27.2. The molecule has 0 saturated heterocycles. The van der Waals surface area contributed by atoms with Crippen LogP contribution in [0.5, 0.6) is 0 Å². The third-order valence-electron chi connectivity index (χ3n) is 10.7. The number of fused-ring (bicyclic) bond motifs is 5. The first-order valence-corrected chi connectivity index (χ1v) is 18.3. The lowest BCUT2D eigenvalue weighted by atomic mass is 9.67. The summed E-state index contributed by atoms with van der Waals surface area (Å²) in [5, 5.41) is 0. The summed E-state index contributed by atoms with van der Waals surface area (Å²) in [5.41, 5.74) is 14.0. The van der Waals surface area contributed by atoms with Crippen molar-refractivity contribution in [1.29, 1.82) is 0 Å². The first-order valence-electron chi connectivity index (χ1n) is 18.3. The summed E-state index contributed by atoms with van der Waals surface area (Å²) in [6.07, 6.45) is 1.83. The predicted octanol–water partition coefficient (Wildman–Crippen LogP) is 11.8. The van der Waals surface area contributed by atoms with Gasteiger partial charge in [-0.25, -0.2) is 19.9 Å². The Bertz CT molecular complexity index is 2860. The molecule has 3 heterocycles. The van der Waals surface area contributed by atoms with Crippen molar-refractivity contribution in [1.82, 2.24) is 19.9 Å². The van der Waals surface area contributed by atoms with E-state index in [1.807, 2.05) is 79.0 Å². The average molecular weight is 707 g/mol. The molecule has 1 aliphatic carbocycles. The molecule has 6 heteroatoms. The summed E-state index contributed by atoms with van der Waals surface area (Å²) in [7, 11) is 0. The Morgan fingerprint density at radius 1 is 0.400 bits per heavy atom. The van der Waals surface area contributed by atoms with E-state index in [9.17, 15) is 0 Å². The van der Waals surface area contributed by atoms with Gasteiger partial charge in [0.25, 0.3) is 0 Å². The molecule has 0 aliphatic heterocycles. The van der Waals surface area contributed by atoms with Crippen LogP contribution < -0.4 is 0 Å². The third-order valence-corrected chi connectivity index (χ3v) is 10.7. The zero-order valence-electron chi connectivity index (χ0n) is 29.4. The fourth-order valence-corrected chi connectivity index (χ4v) is 8.26. The summed E-state index contributed by atoms with van der Waals surface area (Å²) in [6.45, 7) is 0. The molecule has 1 aliphatic rings. The van der Waals surface area contributed by atoms with Crippen molar-refractivity contribution >= 4 is 22.2 Å². The molecule has 0 saturated carbocycles. The maximum Gasteiger partial charge on any atom is 0.227 e. The number of rotatable bonds is 6. The van der Waals surface area contributed by atoms with Gasteiger partial charge >= 0.3 is 0 Å². The fraction of sp³-hybridized carbons (Fsp3) is 0.0204. The number of benzene rings is 7. The van der Waals surface area contributed by atoms with Crippen molar-refractivity contribution in [3.8, 4) is 56.7 Å². The van der Waals surface area contributed by atoms with Crippen LogP contribution in [0.3, 0.4) is 0 Å². The molecule has 55 heavy (non-hydrogen) atoms. The molecule has 11 rings (SSSR count). The lowest BCUT2D eigenvalue weighted by molar-refractivity contribution is 0.617. The van der Waals surface area contributed by atoms with Crippen LogP contribution in [0.1, 0.15) is 22.3 Å². The van der Waals surface area contributed by atoms with E-state index in [-0.39, 0.29) is 0 Å². The number of nitrogens with zero attached hydrogens (tertiary/aromatic N) is 4. The Morgan fingerprint density at radius 3 is 1.58 bits per heavy atom. The molecule has 0 bridgehead atoms. The smallest absolute Gasteiger partial charge is 0.227 e. The van der Waals surface area contributed by atoms with Crippen LogP contribution in [-0.4, -0.2) is 19.9 Å². The largest absolute Gasteiger partial charge is 0.436 e. The molecule has 0 atom stereocenters. The highest BCUT2D eigenvalue weighted by Crippen LogP contribution is 2.56. The highest BCUT2D eigenvalue weighted by Gasteiger charge is 2.46. The zero-order valence-corrected chi connectivity index (χ0v) is 29.4. The minimum atomic E-state index is -0.511. The summed E-state index contributed by atoms with van der Waals surface area (Å²) in [5.74, 6) is 1.55. The van der Waals surface area contributed by atoms with Crippen molar-refractivity contribution in [2.75, 3.05) is 0 Å². The maximum absolute atomic E-state index is 6.25. The number of aromatic nitrogens is 4. The number of oxazole rings is 2. The van der Waals surface area contributed by atoms with Gasteiger partial charge < -0.3 is 8.83 Å². The van der Waals surface area contributed by atoms with Crippen LogP contribution in [0, 0.1) is 0 Å². The van der Waals surface area contributed by atoms with Crippen LogP contribution >= 0.6 is 0 Å². The Morgan fingerprint density at radius 2 is 0.945 bits per heavy atom. The van der Waals surface area contributed by atoms with E-state index in [0.29, 0.717) is 28.8 Å². The van der Waals surface area contributed by atoms with Crippen LogP contribution in [0.2, 0.25) is 0 Å². The van der Waals surface area contributed by atoms with Crippen molar-refractivity contribution in [2.24, 2.45) is 0 Å². The normalized spacial score (nSPS) is 12.9. The quantitative estimate of drug-likeness (QED) is 0.171. The summed E-state index contributed by atoms with van der Waals surface area (Å²) >= 11 is 0. The Hall–Kier alpha value is -7.44. The number of para-hydroxylation sites is 4. The van der Waals surface area contributed by atoms with E-state index in [2.05, 4.69) is 103 Å². The van der Waals surface area contributed by atoms with Gasteiger partial charge in [0.2, 0.25) is 11.8 Å². The van der Waals surface area contributed by atoms with E-state index in [1.165, 1.54) is 33.4 Å². The minimum Gasteiger partial charge on any atom is -0.436 e. The van der Waals surface area contributed by atoms with Crippen LogP contribution in [0.4, 0.5) is 0 Å².